The van der Waals surface area contributed by atoms with E-state index in [4.69, 9.17) is 4.74 Å². The first-order valence-electron chi connectivity index (χ1n) is 9.21. The second-order valence-electron chi connectivity index (χ2n) is 6.89. The van der Waals surface area contributed by atoms with Gasteiger partial charge in [0.25, 0.3) is 0 Å². The number of benzene rings is 1. The van der Waals surface area contributed by atoms with Gasteiger partial charge in [-0.2, -0.15) is 0 Å². The van der Waals surface area contributed by atoms with Gasteiger partial charge in [0, 0.05) is 51.8 Å². The van der Waals surface area contributed by atoms with Gasteiger partial charge >= 0.3 is 0 Å². The van der Waals surface area contributed by atoms with Crippen molar-refractivity contribution in [2.24, 2.45) is 0 Å². The fourth-order valence-corrected chi connectivity index (χ4v) is 4.24. The lowest BCUT2D eigenvalue weighted by atomic mass is 10.2. The highest BCUT2D eigenvalue weighted by Gasteiger charge is 2.27. The first-order valence-corrected chi connectivity index (χ1v) is 11.1. The summed E-state index contributed by atoms with van der Waals surface area (Å²) >= 11 is 0. The molecule has 152 valence electrons. The van der Waals surface area contributed by atoms with E-state index in [1.165, 1.54) is 0 Å². The van der Waals surface area contributed by atoms with Gasteiger partial charge in [0.2, 0.25) is 20.9 Å². The van der Waals surface area contributed by atoms with Crippen LogP contribution in [0.2, 0.25) is 0 Å². The molecule has 1 fully saturated rings. The van der Waals surface area contributed by atoms with Crippen molar-refractivity contribution in [3.8, 4) is 0 Å². The van der Waals surface area contributed by atoms with E-state index in [2.05, 4.69) is 4.98 Å². The third-order valence-electron chi connectivity index (χ3n) is 4.72. The van der Waals surface area contributed by atoms with Crippen molar-refractivity contribution in [3.63, 3.8) is 0 Å². The minimum Gasteiger partial charge on any atom is -0.385 e. The number of methoxy groups -OCH3 is 1. The predicted octanol–water partition coefficient (Wildman–Crippen LogP) is 1.17. The highest BCUT2D eigenvalue weighted by molar-refractivity contribution is 7.90. The minimum absolute atomic E-state index is 0.0336. The predicted molar refractivity (Wildman–Crippen MR) is 106 cm³/mol. The van der Waals surface area contributed by atoms with E-state index >= 15 is 0 Å². The number of hydrogen-bond donors (Lipinski definition) is 0. The van der Waals surface area contributed by atoms with Gasteiger partial charge in [-0.15, -0.1) is 0 Å². The molecule has 3 rings (SSSR count). The molecule has 1 aromatic heterocycles. The second kappa shape index (κ2) is 8.85. The maximum atomic E-state index is 12.6. The molecule has 2 heterocycles. The number of hydrogen-bond acceptors (Lipinski definition) is 6. The number of rotatable bonds is 8. The minimum atomic E-state index is -3.43. The Labute approximate surface area is 165 Å². The fourth-order valence-electron chi connectivity index (χ4n) is 3.39. The SMILES string of the molecule is COCCCn1c(CN2CCN(c3ccccc3)C(=O)C2)cnc1S(C)(=O)=O. The molecule has 0 aliphatic carbocycles. The van der Waals surface area contributed by atoms with Crippen LogP contribution in [0.5, 0.6) is 0 Å². The fraction of sp³-hybridized carbons (Fsp3) is 0.474. The summed E-state index contributed by atoms with van der Waals surface area (Å²) in [7, 11) is -1.81. The van der Waals surface area contributed by atoms with Crippen molar-refractivity contribution in [2.45, 2.75) is 24.7 Å². The summed E-state index contributed by atoms with van der Waals surface area (Å²) in [6, 6.07) is 9.61. The molecule has 1 amide bonds. The van der Waals surface area contributed by atoms with Crippen molar-refractivity contribution in [2.75, 3.05) is 44.5 Å². The number of anilines is 1. The van der Waals surface area contributed by atoms with Crippen molar-refractivity contribution >= 4 is 21.4 Å². The van der Waals surface area contributed by atoms with Crippen LogP contribution in [0, 0.1) is 0 Å². The largest absolute Gasteiger partial charge is 0.385 e. The number of carbonyl (C=O) groups is 1. The van der Waals surface area contributed by atoms with E-state index < -0.39 is 9.84 Å². The molecule has 0 saturated carbocycles. The zero-order valence-electron chi connectivity index (χ0n) is 16.2. The van der Waals surface area contributed by atoms with Crippen LogP contribution in [0.25, 0.3) is 0 Å². The maximum absolute atomic E-state index is 12.6. The average molecular weight is 407 g/mol. The summed E-state index contributed by atoms with van der Waals surface area (Å²) in [5.41, 5.74) is 1.69. The summed E-state index contributed by atoms with van der Waals surface area (Å²) in [5.74, 6) is 0.0336. The van der Waals surface area contributed by atoms with Gasteiger partial charge in [-0.25, -0.2) is 13.4 Å². The topological polar surface area (TPSA) is 84.7 Å². The third-order valence-corrected chi connectivity index (χ3v) is 5.71. The van der Waals surface area contributed by atoms with Gasteiger partial charge in [0.05, 0.1) is 18.4 Å². The Morgan fingerprint density at radius 3 is 2.57 bits per heavy atom. The van der Waals surface area contributed by atoms with Crippen LogP contribution < -0.4 is 4.90 Å². The van der Waals surface area contributed by atoms with Crippen LogP contribution in [0.3, 0.4) is 0 Å². The number of nitrogens with zero attached hydrogens (tertiary/aromatic N) is 4. The molecule has 0 atom stereocenters. The van der Waals surface area contributed by atoms with Gasteiger partial charge in [-0.3, -0.25) is 9.69 Å². The number of sulfone groups is 1. The Balaban J connectivity index is 1.72. The molecule has 8 nitrogen and oxygen atoms in total. The van der Waals surface area contributed by atoms with Gasteiger partial charge in [-0.05, 0) is 18.6 Å². The molecule has 0 radical (unpaired) electrons. The standard InChI is InChI=1S/C19H26N4O4S/c1-27-12-6-9-23-17(13-20-19(23)28(2,25)26)14-21-10-11-22(18(24)15-21)16-7-4-3-5-8-16/h3-5,7-8,13H,6,9-12,14-15H2,1-2H3. The maximum Gasteiger partial charge on any atom is 0.241 e. The molecule has 1 aromatic carbocycles. The lowest BCUT2D eigenvalue weighted by Crippen LogP contribution is -2.50. The normalized spacial score (nSPS) is 15.9. The highest BCUT2D eigenvalue weighted by atomic mass is 32.2. The number of aromatic nitrogens is 2. The van der Waals surface area contributed by atoms with Crippen molar-refractivity contribution < 1.29 is 17.9 Å². The summed E-state index contributed by atoms with van der Waals surface area (Å²) in [4.78, 5) is 20.5. The number of imidazole rings is 1. The van der Waals surface area contributed by atoms with Gasteiger partial charge < -0.3 is 14.2 Å². The van der Waals surface area contributed by atoms with Crippen LogP contribution in [-0.4, -0.2) is 68.4 Å². The molecule has 0 N–H and O–H groups in total. The van der Waals surface area contributed by atoms with Crippen LogP contribution in [0.15, 0.2) is 41.7 Å². The van der Waals surface area contributed by atoms with Crippen LogP contribution in [0.1, 0.15) is 12.1 Å². The van der Waals surface area contributed by atoms with E-state index in [1.54, 1.807) is 22.8 Å². The summed E-state index contributed by atoms with van der Waals surface area (Å²) < 4.78 is 30.9. The van der Waals surface area contributed by atoms with E-state index in [0.29, 0.717) is 39.2 Å². The molecule has 0 spiro atoms. The third kappa shape index (κ3) is 4.78. The summed E-state index contributed by atoms with van der Waals surface area (Å²) in [6.07, 6.45) is 3.44. The zero-order valence-corrected chi connectivity index (χ0v) is 17.1. The Hall–Kier alpha value is -2.23. The Kier molecular flexibility index (Phi) is 6.48. The zero-order chi connectivity index (χ0) is 20.1. The lowest BCUT2D eigenvalue weighted by Gasteiger charge is -2.34. The monoisotopic (exact) mass is 406 g/mol. The van der Waals surface area contributed by atoms with Gasteiger partial charge in [0.1, 0.15) is 0 Å². The van der Waals surface area contributed by atoms with Crippen LogP contribution >= 0.6 is 0 Å². The van der Waals surface area contributed by atoms with Crippen molar-refractivity contribution in [1.29, 1.82) is 0 Å². The van der Waals surface area contributed by atoms with E-state index in [9.17, 15) is 13.2 Å². The smallest absolute Gasteiger partial charge is 0.241 e. The quantitative estimate of drug-likeness (QED) is 0.612. The second-order valence-corrected chi connectivity index (χ2v) is 8.80. The van der Waals surface area contributed by atoms with Crippen molar-refractivity contribution in [1.82, 2.24) is 14.5 Å². The van der Waals surface area contributed by atoms with Gasteiger partial charge in [0.15, 0.2) is 0 Å². The Morgan fingerprint density at radius 1 is 1.18 bits per heavy atom. The molecular weight excluding hydrogens is 380 g/mol. The van der Waals surface area contributed by atoms with E-state index in [1.807, 2.05) is 35.2 Å². The van der Waals surface area contributed by atoms with Crippen LogP contribution in [0.4, 0.5) is 5.69 Å². The van der Waals surface area contributed by atoms with Crippen LogP contribution in [-0.2, 0) is 32.5 Å². The lowest BCUT2D eigenvalue weighted by molar-refractivity contribution is -0.121. The van der Waals surface area contributed by atoms with E-state index in [-0.39, 0.29) is 17.6 Å². The van der Waals surface area contributed by atoms with Crippen molar-refractivity contribution in [3.05, 3.63) is 42.2 Å². The number of carbonyl (C=O) groups excluding carboxylic acids is 1. The van der Waals surface area contributed by atoms with E-state index in [0.717, 1.165) is 17.6 Å². The molecule has 0 bridgehead atoms. The molecule has 1 saturated heterocycles. The molecular formula is C19H26N4O4S. The number of ether oxygens (including phenoxy) is 1. The average Bonchev–Trinajstić information content (AvgIpc) is 3.06. The molecule has 2 aromatic rings. The first kappa shape index (κ1) is 20.5. The molecule has 9 heteroatoms. The highest BCUT2D eigenvalue weighted by Crippen LogP contribution is 2.19. The summed E-state index contributed by atoms with van der Waals surface area (Å²) in [5, 5.41) is 0.0628. The van der Waals surface area contributed by atoms with Gasteiger partial charge in [-0.1, -0.05) is 18.2 Å². The first-order chi connectivity index (χ1) is 13.4. The molecule has 1 aliphatic rings. The Bertz CT molecular complexity index is 911. The number of amides is 1. The molecule has 0 unspecified atom stereocenters. The molecule has 1 aliphatic heterocycles. The molecule has 28 heavy (non-hydrogen) atoms. The number of piperazine rings is 1. The Morgan fingerprint density at radius 2 is 1.93 bits per heavy atom. The number of para-hydroxylation sites is 1. The summed E-state index contributed by atoms with van der Waals surface area (Å²) in [6.45, 7) is 3.10.